The number of rotatable bonds is 3. The summed E-state index contributed by atoms with van der Waals surface area (Å²) in [5, 5.41) is 2.76. The summed E-state index contributed by atoms with van der Waals surface area (Å²) in [5.74, 6) is 0.406. The highest BCUT2D eigenvalue weighted by Crippen LogP contribution is 2.36. The molecule has 0 bridgehead atoms. The molecule has 2 aromatic rings. The van der Waals surface area contributed by atoms with E-state index in [1.54, 1.807) is 0 Å². The molecular formula is C16H12Cl4N2O2. The molecule has 0 aliphatic carbocycles. The minimum Gasteiger partial charge on any atom is -0.493 e. The maximum Gasteiger partial charge on any atom is 0.272 e. The summed E-state index contributed by atoms with van der Waals surface area (Å²) in [5.41, 5.74) is 2.02. The number of halogens is 4. The van der Waals surface area contributed by atoms with E-state index in [1.807, 2.05) is 25.1 Å². The third-order valence-corrected chi connectivity index (χ3v) is 5.44. The number of carbonyl (C=O) groups excluding carboxylic acids is 1. The molecule has 0 saturated carbocycles. The van der Waals surface area contributed by atoms with Gasteiger partial charge in [-0.2, -0.15) is 0 Å². The summed E-state index contributed by atoms with van der Waals surface area (Å²) in [7, 11) is 0. The minimum atomic E-state index is -0.482. The van der Waals surface area contributed by atoms with Crippen LogP contribution in [0.5, 0.6) is 5.75 Å². The van der Waals surface area contributed by atoms with E-state index < -0.39 is 5.91 Å². The third kappa shape index (κ3) is 3.29. The second kappa shape index (κ2) is 6.96. The molecule has 4 nitrogen and oxygen atoms in total. The highest BCUT2D eigenvalue weighted by molar-refractivity contribution is 6.52. The lowest BCUT2D eigenvalue weighted by atomic mass is 10.0. The van der Waals surface area contributed by atoms with E-state index in [0.717, 1.165) is 23.3 Å². The average Bonchev–Trinajstić information content (AvgIpc) is 3.03. The Morgan fingerprint density at radius 3 is 2.71 bits per heavy atom. The number of nitrogens with one attached hydrogen (secondary N) is 1. The van der Waals surface area contributed by atoms with Crippen molar-refractivity contribution in [3.63, 3.8) is 0 Å². The summed E-state index contributed by atoms with van der Waals surface area (Å²) >= 11 is 23.8. The predicted octanol–water partition coefficient (Wildman–Crippen LogP) is 5.12. The smallest absolute Gasteiger partial charge is 0.272 e. The van der Waals surface area contributed by atoms with Crippen molar-refractivity contribution in [2.75, 3.05) is 6.61 Å². The quantitative estimate of drug-likeness (QED) is 0.720. The fourth-order valence-corrected chi connectivity index (χ4v) is 3.28. The molecule has 1 aromatic carbocycles. The van der Waals surface area contributed by atoms with E-state index >= 15 is 0 Å². The number of nitrogens with zero attached hydrogens (tertiary/aromatic N) is 1. The standard InChI is InChI=1S/C16H12Cl4N2O2/c1-7(8-2-3-10-9(6-8)4-5-24-10)21-16(23)14-12(18)11(17)13(19)15(20)22-14/h2-3,6-7H,4-5H2,1H3,(H,21,23). The molecule has 1 amide bonds. The number of ether oxygens (including phenoxy) is 1. The van der Waals surface area contributed by atoms with Crippen molar-refractivity contribution in [1.29, 1.82) is 0 Å². The van der Waals surface area contributed by atoms with Gasteiger partial charge in [-0.3, -0.25) is 4.79 Å². The Morgan fingerprint density at radius 2 is 1.96 bits per heavy atom. The van der Waals surface area contributed by atoms with E-state index in [0.29, 0.717) is 6.61 Å². The Balaban J connectivity index is 1.82. The summed E-state index contributed by atoms with van der Waals surface area (Å²) in [6.45, 7) is 2.54. The highest BCUT2D eigenvalue weighted by Gasteiger charge is 2.22. The molecule has 1 aliphatic heterocycles. The average molecular weight is 406 g/mol. The van der Waals surface area contributed by atoms with Gasteiger partial charge in [-0.15, -0.1) is 0 Å². The second-order valence-electron chi connectivity index (χ2n) is 5.35. The van der Waals surface area contributed by atoms with Gasteiger partial charge in [0, 0.05) is 6.42 Å². The van der Waals surface area contributed by atoms with Crippen molar-refractivity contribution in [1.82, 2.24) is 10.3 Å². The number of hydrogen-bond acceptors (Lipinski definition) is 3. The maximum atomic E-state index is 12.5. The SMILES string of the molecule is CC(NC(=O)c1nc(Cl)c(Cl)c(Cl)c1Cl)c1ccc2c(c1)CCO2. The molecule has 1 atom stereocenters. The first-order valence-corrected chi connectivity index (χ1v) is 8.66. The van der Waals surface area contributed by atoms with Crippen LogP contribution in [0, 0.1) is 0 Å². The maximum absolute atomic E-state index is 12.5. The van der Waals surface area contributed by atoms with Crippen LogP contribution in [0.1, 0.15) is 34.6 Å². The first kappa shape index (κ1) is 17.6. The summed E-state index contributed by atoms with van der Waals surface area (Å²) in [6.07, 6.45) is 0.861. The van der Waals surface area contributed by atoms with E-state index in [1.165, 1.54) is 0 Å². The van der Waals surface area contributed by atoms with Gasteiger partial charge in [-0.05, 0) is 30.2 Å². The summed E-state index contributed by atoms with van der Waals surface area (Å²) in [4.78, 5) is 16.4. The predicted molar refractivity (Wildman–Crippen MR) is 95.8 cm³/mol. The Hall–Kier alpha value is -1.20. The molecule has 0 saturated heterocycles. The largest absolute Gasteiger partial charge is 0.493 e. The molecule has 1 aliphatic rings. The molecule has 24 heavy (non-hydrogen) atoms. The first-order chi connectivity index (χ1) is 11.4. The summed E-state index contributed by atoms with van der Waals surface area (Å²) < 4.78 is 5.48. The van der Waals surface area contributed by atoms with Crippen molar-refractivity contribution in [3.8, 4) is 5.75 Å². The highest BCUT2D eigenvalue weighted by atomic mass is 35.5. The molecule has 1 N–H and O–H groups in total. The summed E-state index contributed by atoms with van der Waals surface area (Å²) in [6, 6.07) is 5.58. The van der Waals surface area contributed by atoms with Crippen LogP contribution < -0.4 is 10.1 Å². The fourth-order valence-electron chi connectivity index (χ4n) is 2.46. The van der Waals surface area contributed by atoms with Crippen LogP contribution in [0.25, 0.3) is 0 Å². The zero-order chi connectivity index (χ0) is 17.4. The van der Waals surface area contributed by atoms with E-state index in [-0.39, 0.29) is 32.0 Å². The Bertz CT molecular complexity index is 826. The van der Waals surface area contributed by atoms with Gasteiger partial charge in [0.15, 0.2) is 0 Å². The zero-order valence-electron chi connectivity index (χ0n) is 12.5. The number of benzene rings is 1. The topological polar surface area (TPSA) is 51.2 Å². The minimum absolute atomic E-state index is 0.00539. The number of carbonyl (C=O) groups is 1. The number of amides is 1. The first-order valence-electron chi connectivity index (χ1n) is 7.15. The molecule has 0 spiro atoms. The Morgan fingerprint density at radius 1 is 1.21 bits per heavy atom. The van der Waals surface area contributed by atoms with Crippen molar-refractivity contribution < 1.29 is 9.53 Å². The molecule has 0 radical (unpaired) electrons. The molecule has 1 unspecified atom stereocenters. The van der Waals surface area contributed by atoms with Gasteiger partial charge in [0.25, 0.3) is 5.91 Å². The molecule has 8 heteroatoms. The van der Waals surface area contributed by atoms with Crippen LogP contribution in [0.15, 0.2) is 18.2 Å². The number of fused-ring (bicyclic) bond motifs is 1. The Labute approximate surface area is 159 Å². The lowest BCUT2D eigenvalue weighted by Crippen LogP contribution is -2.28. The van der Waals surface area contributed by atoms with Gasteiger partial charge >= 0.3 is 0 Å². The van der Waals surface area contributed by atoms with E-state index in [4.69, 9.17) is 51.1 Å². The normalized spacial score (nSPS) is 14.0. The van der Waals surface area contributed by atoms with Crippen molar-refractivity contribution in [2.45, 2.75) is 19.4 Å². The molecule has 1 aromatic heterocycles. The lowest BCUT2D eigenvalue weighted by molar-refractivity contribution is 0.0935. The van der Waals surface area contributed by atoms with Gasteiger partial charge in [0.2, 0.25) is 0 Å². The second-order valence-corrected chi connectivity index (χ2v) is 6.85. The van der Waals surface area contributed by atoms with Crippen LogP contribution in [0.2, 0.25) is 20.2 Å². The number of aromatic nitrogens is 1. The monoisotopic (exact) mass is 404 g/mol. The van der Waals surface area contributed by atoms with Crippen molar-refractivity contribution in [3.05, 3.63) is 55.2 Å². The van der Waals surface area contributed by atoms with Crippen LogP contribution in [0.3, 0.4) is 0 Å². The fraction of sp³-hybridized carbons (Fsp3) is 0.250. The third-order valence-electron chi connectivity index (χ3n) is 3.76. The van der Waals surface area contributed by atoms with Crippen LogP contribution in [-0.2, 0) is 6.42 Å². The van der Waals surface area contributed by atoms with Crippen LogP contribution in [0.4, 0.5) is 0 Å². The van der Waals surface area contributed by atoms with Crippen molar-refractivity contribution in [2.24, 2.45) is 0 Å². The molecule has 0 fully saturated rings. The zero-order valence-corrected chi connectivity index (χ0v) is 15.5. The number of pyridine rings is 1. The van der Waals surface area contributed by atoms with Crippen LogP contribution >= 0.6 is 46.4 Å². The van der Waals surface area contributed by atoms with E-state index in [2.05, 4.69) is 10.3 Å². The number of hydrogen-bond donors (Lipinski definition) is 1. The van der Waals surface area contributed by atoms with Crippen LogP contribution in [-0.4, -0.2) is 17.5 Å². The van der Waals surface area contributed by atoms with Gasteiger partial charge in [-0.1, -0.05) is 52.5 Å². The van der Waals surface area contributed by atoms with E-state index in [9.17, 15) is 4.79 Å². The van der Waals surface area contributed by atoms with Gasteiger partial charge in [0.1, 0.15) is 16.6 Å². The lowest BCUT2D eigenvalue weighted by Gasteiger charge is -2.16. The van der Waals surface area contributed by atoms with Crippen molar-refractivity contribution >= 4 is 52.3 Å². The van der Waals surface area contributed by atoms with Gasteiger partial charge in [0.05, 0.1) is 27.7 Å². The molecule has 126 valence electrons. The molecular weight excluding hydrogens is 394 g/mol. The molecule has 3 rings (SSSR count). The molecule has 2 heterocycles. The van der Waals surface area contributed by atoms with Gasteiger partial charge < -0.3 is 10.1 Å². The Kier molecular flexibility index (Phi) is 5.11. The van der Waals surface area contributed by atoms with Gasteiger partial charge in [-0.25, -0.2) is 4.98 Å².